The van der Waals surface area contributed by atoms with Crippen LogP contribution in [-0.2, 0) is 4.74 Å². The molecule has 0 aromatic heterocycles. The lowest BCUT2D eigenvalue weighted by Gasteiger charge is -2.37. The maximum Gasteiger partial charge on any atom is 0.252 e. The van der Waals surface area contributed by atoms with Gasteiger partial charge in [-0.25, -0.2) is 4.39 Å². The summed E-state index contributed by atoms with van der Waals surface area (Å²) in [6, 6.07) is 2.30. The van der Waals surface area contributed by atoms with Crippen molar-refractivity contribution >= 4 is 29.1 Å². The van der Waals surface area contributed by atoms with Crippen molar-refractivity contribution in [3.8, 4) is 0 Å². The minimum atomic E-state index is -0.662. The number of methoxy groups -OCH3 is 1. The van der Waals surface area contributed by atoms with Gasteiger partial charge in [-0.15, -0.1) is 0 Å². The van der Waals surface area contributed by atoms with E-state index < -0.39 is 11.7 Å². The maximum atomic E-state index is 13.5. The van der Waals surface area contributed by atoms with Crippen LogP contribution in [-0.4, -0.2) is 39.3 Å². The average Bonchev–Trinajstić information content (AvgIpc) is 2.50. The van der Waals surface area contributed by atoms with Crippen LogP contribution in [0.3, 0.4) is 0 Å². The van der Waals surface area contributed by atoms with Crippen molar-refractivity contribution in [1.29, 1.82) is 0 Å². The van der Waals surface area contributed by atoms with E-state index in [4.69, 9.17) is 27.9 Å². The molecule has 1 aliphatic heterocycles. The molecule has 0 atom stereocenters. The number of rotatable bonds is 5. The quantitative estimate of drug-likeness (QED) is 0.804. The number of benzene rings is 1. The van der Waals surface area contributed by atoms with Gasteiger partial charge in [0.1, 0.15) is 5.82 Å². The molecule has 0 radical (unpaired) electrons. The standard InChI is InChI=1S/C15H19Cl2FN2O2/c1-22-9-15(2-4-19-5-3-15)8-20-14(21)10-6-13(18)12(17)7-11(10)16/h6-7,19H,2-5,8-9H2,1H3,(H,20,21). The van der Waals surface area contributed by atoms with Gasteiger partial charge >= 0.3 is 0 Å². The molecule has 0 spiro atoms. The molecule has 4 nitrogen and oxygen atoms in total. The molecule has 0 unspecified atom stereocenters. The van der Waals surface area contributed by atoms with Gasteiger partial charge in [-0.3, -0.25) is 4.79 Å². The lowest BCUT2D eigenvalue weighted by molar-refractivity contribution is 0.0511. The molecule has 2 rings (SSSR count). The zero-order chi connectivity index (χ0) is 16.2. The fraction of sp³-hybridized carbons (Fsp3) is 0.533. The monoisotopic (exact) mass is 348 g/mol. The predicted molar refractivity (Wildman–Crippen MR) is 85.2 cm³/mol. The summed E-state index contributed by atoms with van der Waals surface area (Å²) in [7, 11) is 1.65. The molecule has 122 valence electrons. The number of hydrogen-bond acceptors (Lipinski definition) is 3. The van der Waals surface area contributed by atoms with Gasteiger partial charge < -0.3 is 15.4 Å². The van der Waals surface area contributed by atoms with Crippen molar-refractivity contribution in [3.63, 3.8) is 0 Å². The Labute approximate surface area is 139 Å². The highest BCUT2D eigenvalue weighted by Crippen LogP contribution is 2.29. The molecule has 0 bridgehead atoms. The number of piperidine rings is 1. The smallest absolute Gasteiger partial charge is 0.252 e. The molecular weight excluding hydrogens is 330 g/mol. The van der Waals surface area contributed by atoms with Crippen LogP contribution in [0.2, 0.25) is 10.0 Å². The Morgan fingerprint density at radius 3 is 2.68 bits per heavy atom. The van der Waals surface area contributed by atoms with E-state index in [0.717, 1.165) is 32.0 Å². The second-order valence-electron chi connectivity index (χ2n) is 5.61. The molecule has 1 aromatic carbocycles. The van der Waals surface area contributed by atoms with Crippen molar-refractivity contribution in [2.75, 3.05) is 33.4 Å². The van der Waals surface area contributed by atoms with E-state index in [1.54, 1.807) is 7.11 Å². The summed E-state index contributed by atoms with van der Waals surface area (Å²) in [5.41, 5.74) is -0.0160. The maximum absolute atomic E-state index is 13.5. The van der Waals surface area contributed by atoms with Crippen LogP contribution in [0.1, 0.15) is 23.2 Å². The fourth-order valence-corrected chi connectivity index (χ4v) is 3.16. The number of nitrogens with one attached hydrogen (secondary N) is 2. The number of halogens is 3. The zero-order valence-electron chi connectivity index (χ0n) is 12.3. The Kier molecular flexibility index (Phi) is 6.03. The van der Waals surface area contributed by atoms with E-state index >= 15 is 0 Å². The van der Waals surface area contributed by atoms with Crippen LogP contribution < -0.4 is 10.6 Å². The van der Waals surface area contributed by atoms with Gasteiger partial charge in [0.15, 0.2) is 0 Å². The fourth-order valence-electron chi connectivity index (χ4n) is 2.70. The lowest BCUT2D eigenvalue weighted by atomic mass is 9.79. The highest BCUT2D eigenvalue weighted by Gasteiger charge is 2.32. The summed E-state index contributed by atoms with van der Waals surface area (Å²) < 4.78 is 18.8. The Morgan fingerprint density at radius 1 is 1.36 bits per heavy atom. The van der Waals surface area contributed by atoms with Gasteiger partial charge in [-0.05, 0) is 38.1 Å². The first-order valence-corrected chi connectivity index (χ1v) is 7.85. The van der Waals surface area contributed by atoms with Gasteiger partial charge in [-0.2, -0.15) is 0 Å². The minimum Gasteiger partial charge on any atom is -0.384 e. The second kappa shape index (κ2) is 7.59. The zero-order valence-corrected chi connectivity index (χ0v) is 13.9. The van der Waals surface area contributed by atoms with Crippen LogP contribution in [0.15, 0.2) is 12.1 Å². The molecule has 0 saturated carbocycles. The normalized spacial score (nSPS) is 17.3. The van der Waals surface area contributed by atoms with E-state index in [2.05, 4.69) is 10.6 Å². The van der Waals surface area contributed by atoms with E-state index in [9.17, 15) is 9.18 Å². The summed E-state index contributed by atoms with van der Waals surface area (Å²) in [5.74, 6) is -1.07. The second-order valence-corrected chi connectivity index (χ2v) is 6.43. The summed E-state index contributed by atoms with van der Waals surface area (Å²) >= 11 is 11.6. The summed E-state index contributed by atoms with van der Waals surface area (Å²) in [4.78, 5) is 12.3. The van der Waals surface area contributed by atoms with Crippen molar-refractivity contribution in [3.05, 3.63) is 33.6 Å². The highest BCUT2D eigenvalue weighted by molar-refractivity contribution is 6.36. The molecule has 1 aromatic rings. The Morgan fingerprint density at radius 2 is 2.05 bits per heavy atom. The number of carbonyl (C=O) groups excluding carboxylic acids is 1. The highest BCUT2D eigenvalue weighted by atomic mass is 35.5. The van der Waals surface area contributed by atoms with Gasteiger partial charge in [0.2, 0.25) is 0 Å². The van der Waals surface area contributed by atoms with E-state index in [-0.39, 0.29) is 21.0 Å². The lowest BCUT2D eigenvalue weighted by Crippen LogP contribution is -2.47. The third kappa shape index (κ3) is 4.10. The molecule has 7 heteroatoms. The molecule has 0 aliphatic carbocycles. The van der Waals surface area contributed by atoms with E-state index in [1.807, 2.05) is 0 Å². The summed E-state index contributed by atoms with van der Waals surface area (Å²) in [5, 5.41) is 6.16. The molecule has 1 fully saturated rings. The van der Waals surface area contributed by atoms with Crippen LogP contribution in [0.25, 0.3) is 0 Å². The van der Waals surface area contributed by atoms with Gasteiger partial charge in [-0.1, -0.05) is 23.2 Å². The molecular formula is C15H19Cl2FN2O2. The first-order valence-electron chi connectivity index (χ1n) is 7.10. The number of hydrogen-bond donors (Lipinski definition) is 2. The van der Waals surface area contributed by atoms with Gasteiger partial charge in [0.05, 0.1) is 22.2 Å². The third-order valence-electron chi connectivity index (χ3n) is 3.99. The van der Waals surface area contributed by atoms with Crippen LogP contribution in [0.5, 0.6) is 0 Å². The molecule has 2 N–H and O–H groups in total. The first-order chi connectivity index (χ1) is 10.5. The van der Waals surface area contributed by atoms with E-state index in [0.29, 0.717) is 13.2 Å². The molecule has 1 aliphatic rings. The molecule has 1 saturated heterocycles. The van der Waals surface area contributed by atoms with Crippen molar-refractivity contribution in [2.24, 2.45) is 5.41 Å². The number of ether oxygens (including phenoxy) is 1. The molecule has 22 heavy (non-hydrogen) atoms. The minimum absolute atomic E-state index is 0.0880. The van der Waals surface area contributed by atoms with Gasteiger partial charge in [0.25, 0.3) is 5.91 Å². The first kappa shape index (κ1) is 17.5. The Bertz CT molecular complexity index is 543. The largest absolute Gasteiger partial charge is 0.384 e. The topological polar surface area (TPSA) is 50.4 Å². The van der Waals surface area contributed by atoms with Crippen LogP contribution in [0.4, 0.5) is 4.39 Å². The van der Waals surface area contributed by atoms with Crippen molar-refractivity contribution < 1.29 is 13.9 Å². The van der Waals surface area contributed by atoms with E-state index in [1.165, 1.54) is 6.07 Å². The Hall–Kier alpha value is -0.880. The summed E-state index contributed by atoms with van der Waals surface area (Å²) in [6.45, 7) is 2.80. The van der Waals surface area contributed by atoms with Crippen molar-refractivity contribution in [2.45, 2.75) is 12.8 Å². The predicted octanol–water partition coefficient (Wildman–Crippen LogP) is 2.88. The third-order valence-corrected chi connectivity index (χ3v) is 4.60. The SMILES string of the molecule is COCC1(CNC(=O)c2cc(F)c(Cl)cc2Cl)CCNCC1. The average molecular weight is 349 g/mol. The van der Waals surface area contributed by atoms with Crippen LogP contribution >= 0.6 is 23.2 Å². The summed E-state index contributed by atoms with van der Waals surface area (Å²) in [6.07, 6.45) is 1.81. The molecule has 1 heterocycles. The van der Waals surface area contributed by atoms with Crippen LogP contribution in [0, 0.1) is 11.2 Å². The molecule has 1 amide bonds. The number of carbonyl (C=O) groups is 1. The van der Waals surface area contributed by atoms with Gasteiger partial charge in [0, 0.05) is 19.1 Å². The Balaban J connectivity index is 2.06. The number of amides is 1. The van der Waals surface area contributed by atoms with Crippen molar-refractivity contribution in [1.82, 2.24) is 10.6 Å².